The zero-order valence-corrected chi connectivity index (χ0v) is 19.9. The van der Waals surface area contributed by atoms with Crippen molar-refractivity contribution in [2.75, 3.05) is 36.5 Å². The Labute approximate surface area is 200 Å². The lowest BCUT2D eigenvalue weighted by Crippen LogP contribution is -2.30. The molecule has 0 radical (unpaired) electrons. The molecule has 0 amide bonds. The number of aromatic amines is 1. The van der Waals surface area contributed by atoms with Gasteiger partial charge >= 0.3 is 6.01 Å². The lowest BCUT2D eigenvalue weighted by molar-refractivity contribution is 0.157. The predicted molar refractivity (Wildman–Crippen MR) is 137 cm³/mol. The minimum Gasteiger partial charge on any atom is -0.490 e. The molecule has 1 aliphatic rings. The fraction of sp³-hybridized carbons (Fsp3) is 0.346. The molecule has 0 aliphatic carbocycles. The number of nitrogens with zero attached hydrogens (tertiary/aromatic N) is 4. The number of hydrogen-bond acceptors (Lipinski definition) is 7. The number of fused-ring (bicyclic) bond motifs is 1. The molecule has 0 unspecified atom stereocenters. The van der Waals surface area contributed by atoms with Gasteiger partial charge in [0, 0.05) is 18.8 Å². The number of benzene rings is 1. The van der Waals surface area contributed by atoms with Crippen LogP contribution in [0, 0.1) is 6.92 Å². The zero-order valence-electron chi connectivity index (χ0n) is 19.9. The van der Waals surface area contributed by atoms with Gasteiger partial charge in [-0.25, -0.2) is 0 Å². The van der Waals surface area contributed by atoms with E-state index in [4.69, 9.17) is 14.5 Å². The Bertz CT molecular complexity index is 1180. The predicted octanol–water partition coefficient (Wildman–Crippen LogP) is 5.44. The van der Waals surface area contributed by atoms with Crippen molar-refractivity contribution in [1.82, 2.24) is 19.9 Å². The molecule has 8 heteroatoms. The van der Waals surface area contributed by atoms with E-state index in [0.29, 0.717) is 30.8 Å². The van der Waals surface area contributed by atoms with Gasteiger partial charge in [0.1, 0.15) is 24.5 Å². The summed E-state index contributed by atoms with van der Waals surface area (Å²) in [6.07, 6.45) is 10.8. The Morgan fingerprint density at radius 3 is 2.79 bits per heavy atom. The number of allylic oxidation sites excluding steroid dienone is 4. The van der Waals surface area contributed by atoms with E-state index in [-0.39, 0.29) is 0 Å². The highest BCUT2D eigenvalue weighted by molar-refractivity contribution is 5.86. The van der Waals surface area contributed by atoms with Gasteiger partial charge in [-0.1, -0.05) is 30.9 Å². The Kier molecular flexibility index (Phi) is 7.80. The minimum atomic E-state index is 0.300. The van der Waals surface area contributed by atoms with Gasteiger partial charge in [-0.3, -0.25) is 0 Å². The summed E-state index contributed by atoms with van der Waals surface area (Å²) in [4.78, 5) is 19.6. The number of anilines is 3. The van der Waals surface area contributed by atoms with Crippen LogP contribution in [0.5, 0.6) is 6.01 Å². The highest BCUT2D eigenvalue weighted by Crippen LogP contribution is 2.29. The average Bonchev–Trinajstić information content (AvgIpc) is 3.26. The molecule has 34 heavy (non-hydrogen) atoms. The second kappa shape index (κ2) is 11.4. The number of nitrogens with one attached hydrogen (secondary N) is 2. The zero-order chi connectivity index (χ0) is 23.8. The number of rotatable bonds is 10. The fourth-order valence-corrected chi connectivity index (χ4v) is 3.86. The van der Waals surface area contributed by atoms with E-state index in [1.165, 1.54) is 12.0 Å². The molecule has 0 spiro atoms. The maximum Gasteiger partial charge on any atom is 0.320 e. The number of imidazole rings is 1. The third-order valence-corrected chi connectivity index (χ3v) is 5.51. The summed E-state index contributed by atoms with van der Waals surface area (Å²) in [6.45, 7) is 10.3. The monoisotopic (exact) mass is 460 g/mol. The number of H-pyrrole nitrogens is 1. The van der Waals surface area contributed by atoms with Crippen LogP contribution in [-0.2, 0) is 4.74 Å². The molecular formula is C26H32N6O2. The van der Waals surface area contributed by atoms with Crippen LogP contribution in [-0.4, -0.2) is 46.2 Å². The van der Waals surface area contributed by atoms with Gasteiger partial charge < -0.3 is 24.7 Å². The second-order valence-corrected chi connectivity index (χ2v) is 8.14. The molecule has 0 saturated carbocycles. The SMILES string of the molecule is C=C/C=C\C(=C/C)OCCOc1nc(N2CCCCC2)c2[nH]c(Nc3cccc(C)c3)nc2n1. The van der Waals surface area contributed by atoms with Gasteiger partial charge in [0.25, 0.3) is 0 Å². The molecule has 0 bridgehead atoms. The van der Waals surface area contributed by atoms with Crippen molar-refractivity contribution in [2.24, 2.45) is 0 Å². The first-order chi connectivity index (χ1) is 16.7. The average molecular weight is 461 g/mol. The van der Waals surface area contributed by atoms with Gasteiger partial charge in [-0.2, -0.15) is 15.0 Å². The summed E-state index contributed by atoms with van der Waals surface area (Å²) in [7, 11) is 0. The third kappa shape index (κ3) is 5.95. The fourth-order valence-electron chi connectivity index (χ4n) is 3.86. The van der Waals surface area contributed by atoms with Crippen LogP contribution >= 0.6 is 0 Å². The molecule has 2 N–H and O–H groups in total. The molecule has 2 aromatic heterocycles. The molecule has 8 nitrogen and oxygen atoms in total. The molecule has 1 saturated heterocycles. The maximum atomic E-state index is 5.87. The Hall–Kier alpha value is -3.81. The van der Waals surface area contributed by atoms with Gasteiger partial charge in [-0.05, 0) is 63.0 Å². The summed E-state index contributed by atoms with van der Waals surface area (Å²) >= 11 is 0. The molecule has 1 aromatic carbocycles. The van der Waals surface area contributed by atoms with Gasteiger partial charge in [0.15, 0.2) is 11.5 Å². The van der Waals surface area contributed by atoms with Crippen molar-refractivity contribution in [3.05, 3.63) is 66.5 Å². The number of piperidine rings is 1. The van der Waals surface area contributed by atoms with Crippen molar-refractivity contribution in [2.45, 2.75) is 33.1 Å². The highest BCUT2D eigenvalue weighted by atomic mass is 16.5. The lowest BCUT2D eigenvalue weighted by Gasteiger charge is -2.27. The Balaban J connectivity index is 1.53. The molecule has 1 fully saturated rings. The number of ether oxygens (including phenoxy) is 2. The number of aryl methyl sites for hydroxylation is 1. The van der Waals surface area contributed by atoms with Crippen LogP contribution in [0.3, 0.4) is 0 Å². The first-order valence-electron chi connectivity index (χ1n) is 11.7. The van der Waals surface area contributed by atoms with Crippen molar-refractivity contribution in [3.8, 4) is 6.01 Å². The summed E-state index contributed by atoms with van der Waals surface area (Å²) < 4.78 is 11.6. The van der Waals surface area contributed by atoms with E-state index in [1.807, 2.05) is 37.3 Å². The van der Waals surface area contributed by atoms with Crippen LogP contribution < -0.4 is 15.0 Å². The first-order valence-corrected chi connectivity index (χ1v) is 11.7. The number of hydrogen-bond donors (Lipinski definition) is 2. The Morgan fingerprint density at radius 1 is 1.18 bits per heavy atom. The van der Waals surface area contributed by atoms with E-state index < -0.39 is 0 Å². The Morgan fingerprint density at radius 2 is 2.03 bits per heavy atom. The first kappa shape index (κ1) is 23.4. The van der Waals surface area contributed by atoms with Crippen molar-refractivity contribution in [1.29, 1.82) is 0 Å². The van der Waals surface area contributed by atoms with Gasteiger partial charge in [0.2, 0.25) is 5.95 Å². The molecule has 4 rings (SSSR count). The lowest BCUT2D eigenvalue weighted by atomic mass is 10.1. The normalized spacial score (nSPS) is 14.5. The summed E-state index contributed by atoms with van der Waals surface area (Å²) in [6, 6.07) is 8.46. The summed E-state index contributed by atoms with van der Waals surface area (Å²) in [5.74, 6) is 2.21. The largest absolute Gasteiger partial charge is 0.490 e. The molecule has 3 heterocycles. The minimum absolute atomic E-state index is 0.300. The molecule has 0 atom stereocenters. The third-order valence-electron chi connectivity index (χ3n) is 5.51. The van der Waals surface area contributed by atoms with E-state index in [1.54, 1.807) is 6.08 Å². The van der Waals surface area contributed by atoms with E-state index in [2.05, 4.69) is 50.8 Å². The topological polar surface area (TPSA) is 88.2 Å². The summed E-state index contributed by atoms with van der Waals surface area (Å²) in [5.41, 5.74) is 3.52. The van der Waals surface area contributed by atoms with Crippen molar-refractivity contribution in [3.63, 3.8) is 0 Å². The molecule has 3 aromatic rings. The van der Waals surface area contributed by atoms with E-state index in [9.17, 15) is 0 Å². The van der Waals surface area contributed by atoms with Crippen LogP contribution in [0.2, 0.25) is 0 Å². The van der Waals surface area contributed by atoms with Crippen LogP contribution in [0.1, 0.15) is 31.7 Å². The highest BCUT2D eigenvalue weighted by Gasteiger charge is 2.20. The van der Waals surface area contributed by atoms with Gasteiger partial charge in [-0.15, -0.1) is 0 Å². The number of aromatic nitrogens is 4. The quantitative estimate of drug-likeness (QED) is 0.237. The van der Waals surface area contributed by atoms with Crippen LogP contribution in [0.4, 0.5) is 17.5 Å². The van der Waals surface area contributed by atoms with Crippen molar-refractivity contribution >= 4 is 28.6 Å². The van der Waals surface area contributed by atoms with E-state index in [0.717, 1.165) is 48.7 Å². The van der Waals surface area contributed by atoms with E-state index >= 15 is 0 Å². The second-order valence-electron chi connectivity index (χ2n) is 8.14. The van der Waals surface area contributed by atoms with Crippen LogP contribution in [0.15, 0.2) is 60.9 Å². The van der Waals surface area contributed by atoms with Crippen molar-refractivity contribution < 1.29 is 9.47 Å². The molecule has 1 aliphatic heterocycles. The molecule has 178 valence electrons. The standard InChI is InChI=1S/C26H32N6O2/c1-4-6-13-21(5-2)33-16-17-34-26-30-23-22(24(31-26)32-14-8-7-9-15-32)28-25(29-23)27-20-12-10-11-19(3)18-20/h4-6,10-13,18H,1,7-9,14-17H2,2-3H3,(H2,27,28,29,30,31)/b13-6-,21-5+. The van der Waals surface area contributed by atoms with Gasteiger partial charge in [0.05, 0.1) is 0 Å². The van der Waals surface area contributed by atoms with Crippen LogP contribution in [0.25, 0.3) is 11.2 Å². The molecular weight excluding hydrogens is 428 g/mol. The maximum absolute atomic E-state index is 5.87. The summed E-state index contributed by atoms with van der Waals surface area (Å²) in [5, 5.41) is 3.34. The smallest absolute Gasteiger partial charge is 0.320 e.